The van der Waals surface area contributed by atoms with E-state index in [4.69, 9.17) is 10.3 Å². The summed E-state index contributed by atoms with van der Waals surface area (Å²) in [6.07, 6.45) is 3.04. The topological polar surface area (TPSA) is 111 Å². The number of nitrogens with one attached hydrogen (secondary N) is 1. The molecule has 0 aliphatic heterocycles. The normalized spacial score (nSPS) is 11.1. The summed E-state index contributed by atoms with van der Waals surface area (Å²) in [6.45, 7) is 1.98. The molecule has 0 bridgehead atoms. The number of nitrogens with zero attached hydrogens (tertiary/aromatic N) is 4. The van der Waals surface area contributed by atoms with Crippen molar-refractivity contribution >= 4 is 29.7 Å². The number of carbonyl (C=O) groups is 1. The third kappa shape index (κ3) is 4.27. The van der Waals surface area contributed by atoms with E-state index in [1.54, 1.807) is 18.4 Å². The molecule has 0 fully saturated rings. The lowest BCUT2D eigenvalue weighted by atomic mass is 10.1. The predicted octanol–water partition coefficient (Wildman–Crippen LogP) is 2.31. The number of Topliss-reactive ketones (excluding diaryl/α,β-unsaturated/α-hetero) is 1. The monoisotopic (exact) mass is 356 g/mol. The first-order chi connectivity index (χ1) is 12.1. The molecule has 1 aromatic carbocycles. The first-order valence-electron chi connectivity index (χ1n) is 7.39. The number of aromatic nitrogens is 3. The average molecular weight is 356 g/mol. The fourth-order valence-electron chi connectivity index (χ4n) is 1.92. The molecule has 2 heterocycles. The Morgan fingerprint density at radius 2 is 2.16 bits per heavy atom. The highest BCUT2D eigenvalue weighted by Crippen LogP contribution is 2.18. The smallest absolute Gasteiger partial charge is 0.264 e. The quantitative estimate of drug-likeness (QED) is 0.220. The van der Waals surface area contributed by atoms with E-state index < -0.39 is 0 Å². The minimum atomic E-state index is -0.00153. The van der Waals surface area contributed by atoms with E-state index >= 15 is 0 Å². The number of rotatable bonds is 7. The number of hydrogen-bond acceptors (Lipinski definition) is 8. The van der Waals surface area contributed by atoms with Crippen molar-refractivity contribution in [3.8, 4) is 0 Å². The van der Waals surface area contributed by atoms with Crippen molar-refractivity contribution in [2.45, 2.75) is 12.1 Å². The molecular formula is C16H16N6O2S. The molecule has 0 aliphatic rings. The lowest BCUT2D eigenvalue weighted by molar-refractivity contribution is 0.102. The number of anilines is 1. The molecule has 0 atom stereocenters. The second-order valence-corrected chi connectivity index (χ2v) is 6.08. The number of nitrogen functional groups attached to an aromatic ring is 1. The maximum absolute atomic E-state index is 12.2. The first kappa shape index (κ1) is 16.8. The van der Waals surface area contributed by atoms with E-state index in [0.717, 1.165) is 5.56 Å². The van der Waals surface area contributed by atoms with Gasteiger partial charge in [-0.3, -0.25) is 4.79 Å². The zero-order chi connectivity index (χ0) is 17.6. The molecule has 3 N–H and O–H groups in total. The number of carbonyl (C=O) groups excluding carboxylic acids is 1. The van der Waals surface area contributed by atoms with Crippen LogP contribution in [0.15, 0.2) is 57.3 Å². The van der Waals surface area contributed by atoms with Crippen LogP contribution in [-0.4, -0.2) is 32.6 Å². The zero-order valence-electron chi connectivity index (χ0n) is 13.4. The Morgan fingerprint density at radius 3 is 2.88 bits per heavy atom. The molecule has 2 aromatic heterocycles. The van der Waals surface area contributed by atoms with Gasteiger partial charge >= 0.3 is 0 Å². The Bertz CT molecular complexity index is 871. The summed E-state index contributed by atoms with van der Waals surface area (Å²) in [5.74, 6) is 6.97. The molecule has 0 amide bonds. The molecule has 0 spiro atoms. The molecule has 128 valence electrons. The van der Waals surface area contributed by atoms with E-state index in [1.807, 2.05) is 31.2 Å². The van der Waals surface area contributed by atoms with E-state index in [-0.39, 0.29) is 17.5 Å². The lowest BCUT2D eigenvalue weighted by Crippen LogP contribution is -2.14. The Balaban J connectivity index is 1.57. The van der Waals surface area contributed by atoms with Crippen LogP contribution in [0.1, 0.15) is 21.7 Å². The van der Waals surface area contributed by atoms with Crippen LogP contribution in [0, 0.1) is 6.92 Å². The van der Waals surface area contributed by atoms with Crippen LogP contribution in [0.25, 0.3) is 0 Å². The summed E-state index contributed by atoms with van der Waals surface area (Å²) in [4.78, 5) is 12.2. The van der Waals surface area contributed by atoms with Crippen LogP contribution in [0.3, 0.4) is 0 Å². The van der Waals surface area contributed by atoms with Gasteiger partial charge in [-0.05, 0) is 19.1 Å². The standard InChI is InChI=1S/C16H16N6O2S/c1-11-4-6-12(7-5-11)14(23)10-25-16-21-20-15(22(16)17)19-18-9-13-3-2-8-24-13/h2-9H,10,17H2,1H3,(H,19,20)/b18-9+. The Hall–Kier alpha value is -3.07. The Morgan fingerprint density at radius 1 is 1.36 bits per heavy atom. The van der Waals surface area contributed by atoms with Gasteiger partial charge in [-0.1, -0.05) is 41.6 Å². The highest BCUT2D eigenvalue weighted by atomic mass is 32.2. The number of nitrogens with two attached hydrogens (primary N) is 1. The van der Waals surface area contributed by atoms with Gasteiger partial charge in [0.05, 0.1) is 18.2 Å². The van der Waals surface area contributed by atoms with Crippen molar-refractivity contribution in [2.75, 3.05) is 17.0 Å². The van der Waals surface area contributed by atoms with Crippen LogP contribution in [-0.2, 0) is 0 Å². The molecule has 0 radical (unpaired) electrons. The average Bonchev–Trinajstić information content (AvgIpc) is 3.24. The van der Waals surface area contributed by atoms with Crippen LogP contribution in [0.4, 0.5) is 5.95 Å². The molecular weight excluding hydrogens is 340 g/mol. The number of furan rings is 1. The molecule has 9 heteroatoms. The van der Waals surface area contributed by atoms with Crippen LogP contribution < -0.4 is 11.3 Å². The number of hydrogen-bond donors (Lipinski definition) is 2. The number of aryl methyl sites for hydroxylation is 1. The van der Waals surface area contributed by atoms with Gasteiger partial charge < -0.3 is 10.3 Å². The minimum absolute atomic E-state index is 0.00153. The van der Waals surface area contributed by atoms with Crippen molar-refractivity contribution in [1.29, 1.82) is 0 Å². The van der Waals surface area contributed by atoms with Gasteiger partial charge in [0.1, 0.15) is 5.76 Å². The van der Waals surface area contributed by atoms with Crippen molar-refractivity contribution in [3.63, 3.8) is 0 Å². The maximum Gasteiger partial charge on any atom is 0.264 e. The van der Waals surface area contributed by atoms with Crippen molar-refractivity contribution in [3.05, 3.63) is 59.5 Å². The largest absolute Gasteiger partial charge is 0.463 e. The number of ketones is 1. The summed E-state index contributed by atoms with van der Waals surface area (Å²) in [6, 6.07) is 10.9. The lowest BCUT2D eigenvalue weighted by Gasteiger charge is -2.03. The molecule has 0 saturated carbocycles. The summed E-state index contributed by atoms with van der Waals surface area (Å²) >= 11 is 1.21. The van der Waals surface area contributed by atoms with Gasteiger partial charge in [0.15, 0.2) is 5.78 Å². The van der Waals surface area contributed by atoms with Crippen molar-refractivity contribution < 1.29 is 9.21 Å². The van der Waals surface area contributed by atoms with E-state index in [2.05, 4.69) is 20.7 Å². The van der Waals surface area contributed by atoms with Crippen LogP contribution >= 0.6 is 11.8 Å². The fourth-order valence-corrected chi connectivity index (χ4v) is 2.67. The second-order valence-electron chi connectivity index (χ2n) is 5.14. The molecule has 0 unspecified atom stereocenters. The highest BCUT2D eigenvalue weighted by Gasteiger charge is 2.13. The Labute approximate surface area is 148 Å². The van der Waals surface area contributed by atoms with Gasteiger partial charge in [0.25, 0.3) is 5.95 Å². The SMILES string of the molecule is Cc1ccc(C(=O)CSc2nnc(N/N=C/c3ccco3)n2N)cc1. The van der Waals surface area contributed by atoms with Gasteiger partial charge in [-0.15, -0.1) is 10.2 Å². The molecule has 0 aliphatic carbocycles. The summed E-state index contributed by atoms with van der Waals surface area (Å²) in [7, 11) is 0. The predicted molar refractivity (Wildman–Crippen MR) is 96.3 cm³/mol. The van der Waals surface area contributed by atoms with E-state index in [0.29, 0.717) is 16.5 Å². The Kier molecular flexibility index (Phi) is 5.14. The fraction of sp³-hybridized carbons (Fsp3) is 0.125. The van der Waals surface area contributed by atoms with Crippen LogP contribution in [0.5, 0.6) is 0 Å². The molecule has 3 aromatic rings. The van der Waals surface area contributed by atoms with Crippen LogP contribution in [0.2, 0.25) is 0 Å². The van der Waals surface area contributed by atoms with Crippen molar-refractivity contribution in [1.82, 2.24) is 14.9 Å². The van der Waals surface area contributed by atoms with Gasteiger partial charge in [0.2, 0.25) is 5.16 Å². The zero-order valence-corrected chi connectivity index (χ0v) is 14.2. The molecule has 8 nitrogen and oxygen atoms in total. The summed E-state index contributed by atoms with van der Waals surface area (Å²) in [5.41, 5.74) is 4.44. The third-order valence-corrected chi connectivity index (χ3v) is 4.21. The number of benzene rings is 1. The van der Waals surface area contributed by atoms with E-state index in [9.17, 15) is 4.79 Å². The minimum Gasteiger partial charge on any atom is -0.463 e. The maximum atomic E-state index is 12.2. The molecule has 0 saturated heterocycles. The van der Waals surface area contributed by atoms with Gasteiger partial charge in [-0.25, -0.2) is 10.1 Å². The summed E-state index contributed by atoms with van der Waals surface area (Å²) in [5, 5.41) is 12.2. The number of thioether (sulfide) groups is 1. The first-order valence-corrected chi connectivity index (χ1v) is 8.38. The molecule has 25 heavy (non-hydrogen) atoms. The van der Waals surface area contributed by atoms with E-state index in [1.165, 1.54) is 22.7 Å². The highest BCUT2D eigenvalue weighted by molar-refractivity contribution is 7.99. The van der Waals surface area contributed by atoms with Gasteiger partial charge in [0, 0.05) is 5.56 Å². The van der Waals surface area contributed by atoms with Gasteiger partial charge in [-0.2, -0.15) is 5.10 Å². The third-order valence-electron chi connectivity index (χ3n) is 3.27. The number of hydrazone groups is 1. The summed E-state index contributed by atoms with van der Waals surface area (Å²) < 4.78 is 6.36. The second kappa shape index (κ2) is 7.67. The molecule has 3 rings (SSSR count). The van der Waals surface area contributed by atoms with Crippen molar-refractivity contribution in [2.24, 2.45) is 5.10 Å².